The zero-order chi connectivity index (χ0) is 20.6. The highest BCUT2D eigenvalue weighted by Gasteiger charge is 2.31. The number of nitrogens with zero attached hydrogens (tertiary/aromatic N) is 1. The van der Waals surface area contributed by atoms with Crippen molar-refractivity contribution in [3.05, 3.63) is 60.7 Å². The molecule has 1 aliphatic rings. The number of amides is 1. The molecular weight excluding hydrogens is 384 g/mol. The van der Waals surface area contributed by atoms with Crippen LogP contribution in [0, 0.1) is 0 Å². The molecule has 2 aromatic rings. The molecule has 0 unspecified atom stereocenters. The van der Waals surface area contributed by atoms with Gasteiger partial charge in [0.25, 0.3) is 0 Å². The van der Waals surface area contributed by atoms with Gasteiger partial charge in [-0.25, -0.2) is 0 Å². The molecule has 0 saturated heterocycles. The minimum atomic E-state index is -0.00887. The number of anilines is 1. The van der Waals surface area contributed by atoms with E-state index in [-0.39, 0.29) is 5.91 Å². The molecule has 1 aliphatic carbocycles. The lowest BCUT2D eigenvalue weighted by Crippen LogP contribution is -2.34. The third-order valence-electron chi connectivity index (χ3n) is 4.79. The number of benzene rings is 2. The second-order valence-corrected chi connectivity index (χ2v) is 8.02. The molecule has 0 radical (unpaired) electrons. The van der Waals surface area contributed by atoms with Crippen LogP contribution >= 0.6 is 11.8 Å². The fourth-order valence-corrected chi connectivity index (χ4v) is 3.94. The Morgan fingerprint density at radius 1 is 1.24 bits per heavy atom. The first kappa shape index (κ1) is 21.3. The van der Waals surface area contributed by atoms with Crippen molar-refractivity contribution in [1.29, 1.82) is 0 Å². The van der Waals surface area contributed by atoms with E-state index < -0.39 is 0 Å². The molecule has 3 rings (SSSR count). The van der Waals surface area contributed by atoms with Gasteiger partial charge < -0.3 is 14.8 Å². The number of para-hydroxylation sites is 1. The van der Waals surface area contributed by atoms with Crippen molar-refractivity contribution in [1.82, 2.24) is 4.90 Å². The van der Waals surface area contributed by atoms with Crippen LogP contribution in [0.1, 0.15) is 18.4 Å². The molecule has 6 heteroatoms. The Hall–Kier alpha value is -2.44. The quantitative estimate of drug-likeness (QED) is 0.432. The van der Waals surface area contributed by atoms with E-state index in [9.17, 15) is 4.79 Å². The summed E-state index contributed by atoms with van der Waals surface area (Å²) >= 11 is 1.66. The highest BCUT2D eigenvalue weighted by Crippen LogP contribution is 2.32. The number of rotatable bonds is 11. The molecular formula is C23H28N2O3S. The van der Waals surface area contributed by atoms with Crippen LogP contribution in [-0.4, -0.2) is 43.4 Å². The monoisotopic (exact) mass is 412 g/mol. The molecule has 0 heterocycles. The summed E-state index contributed by atoms with van der Waals surface area (Å²) in [5, 5.41) is 3.08. The number of hydrogen-bond donors (Lipinski definition) is 1. The normalized spacial score (nSPS) is 13.2. The van der Waals surface area contributed by atoms with Crippen LogP contribution in [-0.2, 0) is 11.3 Å². The van der Waals surface area contributed by atoms with E-state index >= 15 is 0 Å². The smallest absolute Gasteiger partial charge is 0.238 e. The van der Waals surface area contributed by atoms with Gasteiger partial charge in [-0.1, -0.05) is 18.2 Å². The van der Waals surface area contributed by atoms with Crippen LogP contribution in [0.2, 0.25) is 0 Å². The first-order valence-electron chi connectivity index (χ1n) is 9.72. The summed E-state index contributed by atoms with van der Waals surface area (Å²) < 4.78 is 10.9. The molecule has 29 heavy (non-hydrogen) atoms. The summed E-state index contributed by atoms with van der Waals surface area (Å²) in [5.74, 6) is 2.39. The van der Waals surface area contributed by atoms with Crippen LogP contribution in [0.4, 0.5) is 5.69 Å². The molecule has 0 bridgehead atoms. The zero-order valence-corrected chi connectivity index (χ0v) is 17.8. The minimum absolute atomic E-state index is 0.00887. The van der Waals surface area contributed by atoms with Crippen molar-refractivity contribution in [2.24, 2.45) is 0 Å². The summed E-state index contributed by atoms with van der Waals surface area (Å²) in [4.78, 5) is 16.1. The van der Waals surface area contributed by atoms with Crippen molar-refractivity contribution < 1.29 is 14.3 Å². The molecule has 1 fully saturated rings. The first-order valence-corrected chi connectivity index (χ1v) is 10.7. The summed E-state index contributed by atoms with van der Waals surface area (Å²) in [6, 6.07) is 14.1. The van der Waals surface area contributed by atoms with Gasteiger partial charge in [0, 0.05) is 28.8 Å². The van der Waals surface area contributed by atoms with Gasteiger partial charge in [0.2, 0.25) is 5.91 Å². The molecule has 0 aliphatic heterocycles. The SMILES string of the molecule is C=CCSc1ccccc1NC(=O)CN(Cc1cc(OC)ccc1OC)C1CC1. The number of thioether (sulfide) groups is 1. The molecule has 1 amide bonds. The third-order valence-corrected chi connectivity index (χ3v) is 5.86. The molecule has 0 atom stereocenters. The number of nitrogens with one attached hydrogen (secondary N) is 1. The van der Waals surface area contributed by atoms with Crippen LogP contribution in [0.15, 0.2) is 60.0 Å². The average molecular weight is 413 g/mol. The van der Waals surface area contributed by atoms with Gasteiger partial charge in [0.1, 0.15) is 11.5 Å². The van der Waals surface area contributed by atoms with Crippen molar-refractivity contribution in [2.45, 2.75) is 30.3 Å². The predicted octanol–water partition coefficient (Wildman–Crippen LogP) is 4.59. The highest BCUT2D eigenvalue weighted by molar-refractivity contribution is 7.99. The van der Waals surface area contributed by atoms with Crippen LogP contribution < -0.4 is 14.8 Å². The number of carbonyl (C=O) groups excluding carboxylic acids is 1. The largest absolute Gasteiger partial charge is 0.497 e. The maximum Gasteiger partial charge on any atom is 0.238 e. The fourth-order valence-electron chi connectivity index (χ4n) is 3.20. The lowest BCUT2D eigenvalue weighted by molar-refractivity contribution is -0.117. The Balaban J connectivity index is 1.69. The van der Waals surface area contributed by atoms with Crippen molar-refractivity contribution in [2.75, 3.05) is 31.8 Å². The van der Waals surface area contributed by atoms with Gasteiger partial charge in [-0.2, -0.15) is 0 Å². The molecule has 0 spiro atoms. The molecule has 5 nitrogen and oxygen atoms in total. The van der Waals surface area contributed by atoms with Gasteiger partial charge in [-0.15, -0.1) is 18.3 Å². The van der Waals surface area contributed by atoms with Crippen molar-refractivity contribution in [3.63, 3.8) is 0 Å². The van der Waals surface area contributed by atoms with Gasteiger partial charge in [-0.05, 0) is 43.2 Å². The van der Waals surface area contributed by atoms with E-state index in [0.717, 1.165) is 46.2 Å². The third kappa shape index (κ3) is 6.02. The Morgan fingerprint density at radius 3 is 2.72 bits per heavy atom. The first-order chi connectivity index (χ1) is 14.1. The lowest BCUT2D eigenvalue weighted by Gasteiger charge is -2.23. The summed E-state index contributed by atoms with van der Waals surface area (Å²) in [5.41, 5.74) is 1.87. The average Bonchev–Trinajstić information content (AvgIpc) is 3.58. The number of ether oxygens (including phenoxy) is 2. The predicted molar refractivity (Wildman–Crippen MR) is 119 cm³/mol. The molecule has 0 aromatic heterocycles. The molecule has 2 aromatic carbocycles. The Kier molecular flexibility index (Phi) is 7.61. The summed E-state index contributed by atoms with van der Waals surface area (Å²) in [6.45, 7) is 4.75. The number of hydrogen-bond acceptors (Lipinski definition) is 5. The van der Waals surface area contributed by atoms with Crippen molar-refractivity contribution in [3.8, 4) is 11.5 Å². The van der Waals surface area contributed by atoms with Gasteiger partial charge in [-0.3, -0.25) is 9.69 Å². The van der Waals surface area contributed by atoms with E-state index in [1.54, 1.807) is 26.0 Å². The molecule has 154 valence electrons. The number of carbonyl (C=O) groups is 1. The Bertz CT molecular complexity index is 852. The van der Waals surface area contributed by atoms with E-state index in [4.69, 9.17) is 9.47 Å². The van der Waals surface area contributed by atoms with Gasteiger partial charge in [0.05, 0.1) is 26.5 Å². The van der Waals surface area contributed by atoms with Gasteiger partial charge in [0.15, 0.2) is 0 Å². The zero-order valence-electron chi connectivity index (χ0n) is 17.0. The fraction of sp³-hybridized carbons (Fsp3) is 0.348. The van der Waals surface area contributed by atoms with E-state index in [0.29, 0.717) is 19.1 Å². The number of methoxy groups -OCH3 is 2. The maximum atomic E-state index is 12.8. The second kappa shape index (κ2) is 10.4. The lowest BCUT2D eigenvalue weighted by atomic mass is 10.1. The summed E-state index contributed by atoms with van der Waals surface area (Å²) in [6.07, 6.45) is 4.09. The van der Waals surface area contributed by atoms with Crippen LogP contribution in [0.3, 0.4) is 0 Å². The second-order valence-electron chi connectivity index (χ2n) is 6.96. The Morgan fingerprint density at radius 2 is 2.03 bits per heavy atom. The van der Waals surface area contributed by atoms with E-state index in [1.807, 2.05) is 48.5 Å². The van der Waals surface area contributed by atoms with Crippen LogP contribution in [0.5, 0.6) is 11.5 Å². The highest BCUT2D eigenvalue weighted by atomic mass is 32.2. The standard InChI is InChI=1S/C23H28N2O3S/c1-4-13-29-22-8-6-5-7-20(22)24-23(26)16-25(18-9-10-18)15-17-14-19(27-2)11-12-21(17)28-3/h4-8,11-12,14,18H,1,9-10,13,15-16H2,2-3H3,(H,24,26). The van der Waals surface area contributed by atoms with Gasteiger partial charge >= 0.3 is 0 Å². The van der Waals surface area contributed by atoms with Crippen LogP contribution in [0.25, 0.3) is 0 Å². The Labute approximate surface area is 177 Å². The summed E-state index contributed by atoms with van der Waals surface area (Å²) in [7, 11) is 3.32. The van der Waals surface area contributed by atoms with E-state index in [2.05, 4.69) is 16.8 Å². The van der Waals surface area contributed by atoms with Crippen molar-refractivity contribution >= 4 is 23.4 Å². The maximum absolute atomic E-state index is 12.8. The molecule has 1 saturated carbocycles. The molecule has 1 N–H and O–H groups in total. The van der Waals surface area contributed by atoms with E-state index in [1.165, 1.54) is 0 Å². The topological polar surface area (TPSA) is 50.8 Å². The minimum Gasteiger partial charge on any atom is -0.497 e.